The zero-order chi connectivity index (χ0) is 35.4. The van der Waals surface area contributed by atoms with E-state index in [1.807, 2.05) is 0 Å². The normalized spacial score (nSPS) is 15.0. The van der Waals surface area contributed by atoms with Crippen molar-refractivity contribution in [2.75, 3.05) is 20.3 Å². The van der Waals surface area contributed by atoms with Gasteiger partial charge in [-0.2, -0.15) is 13.2 Å². The lowest BCUT2D eigenvalue weighted by Crippen LogP contribution is -2.23. The first-order valence-corrected chi connectivity index (χ1v) is 15.9. The fourth-order valence-electron chi connectivity index (χ4n) is 5.88. The zero-order valence-corrected chi connectivity index (χ0v) is 26.9. The number of carbonyl (C=O) groups excluding carboxylic acids is 1. The summed E-state index contributed by atoms with van der Waals surface area (Å²) >= 11 is 0. The van der Waals surface area contributed by atoms with Gasteiger partial charge in [0.1, 0.15) is 12.4 Å². The van der Waals surface area contributed by atoms with E-state index in [1.54, 1.807) is 28.8 Å². The largest absolute Gasteiger partial charge is 0.497 e. The summed E-state index contributed by atoms with van der Waals surface area (Å²) in [4.78, 5) is 18.0. The second-order valence-electron chi connectivity index (χ2n) is 11.7. The summed E-state index contributed by atoms with van der Waals surface area (Å²) in [6.07, 6.45) is -0.739. The van der Waals surface area contributed by atoms with Gasteiger partial charge < -0.3 is 23.5 Å². The molecule has 3 aromatic carbocycles. The van der Waals surface area contributed by atoms with Crippen molar-refractivity contribution >= 4 is 16.7 Å². The van der Waals surface area contributed by atoms with E-state index in [-0.39, 0.29) is 54.0 Å². The molecule has 0 spiro atoms. The molecule has 0 bridgehead atoms. The number of carbonyl (C=O) groups is 1. The standard InChI is InChI=1S/C37H32F6N2O5/c1-47-24-11-9-22(10-12-24)21-50-31-14-13-28(37(41,42)43)34(44-31)26-7-4-6-25-27(36(46)23-18-29(38)33(40)30(39)19-23)20-45(35(25)26)15-5-17-49-32-8-2-3-16-48-32/h4,6-7,9-14,18-20,32H,2-3,5,8,15-17,21H2,1H3. The topological polar surface area (TPSA) is 71.8 Å². The minimum absolute atomic E-state index is 0.0104. The maximum absolute atomic E-state index is 14.5. The SMILES string of the molecule is COc1ccc(COc2ccc(C(F)(F)F)c(-c3cccc4c(C(=O)c5cc(F)c(F)c(F)c5)cn(CCCOC5CCCCO5)c34)n2)cc1. The van der Waals surface area contributed by atoms with E-state index in [0.717, 1.165) is 37.0 Å². The fraction of sp³-hybridized carbons (Fsp3) is 0.297. The van der Waals surface area contributed by atoms with Crippen molar-refractivity contribution in [3.8, 4) is 22.9 Å². The third-order valence-corrected chi connectivity index (χ3v) is 8.35. The highest BCUT2D eigenvalue weighted by atomic mass is 19.4. The van der Waals surface area contributed by atoms with Crippen molar-refractivity contribution in [1.29, 1.82) is 0 Å². The quantitative estimate of drug-likeness (QED) is 0.0561. The molecule has 1 fully saturated rings. The second kappa shape index (κ2) is 14.9. The van der Waals surface area contributed by atoms with Crippen molar-refractivity contribution < 1.29 is 50.1 Å². The summed E-state index contributed by atoms with van der Waals surface area (Å²) in [7, 11) is 1.53. The Morgan fingerprint density at radius 2 is 1.76 bits per heavy atom. The molecule has 0 amide bonds. The number of aryl methyl sites for hydroxylation is 1. The molecule has 0 radical (unpaired) electrons. The number of pyridine rings is 1. The molecule has 6 rings (SSSR count). The lowest BCUT2D eigenvalue weighted by Gasteiger charge is -2.22. The average molecular weight is 699 g/mol. The van der Waals surface area contributed by atoms with Crippen LogP contribution in [0.15, 0.2) is 72.9 Å². The molecule has 1 aliphatic heterocycles. The molecule has 2 aromatic heterocycles. The Morgan fingerprint density at radius 1 is 1.00 bits per heavy atom. The fourth-order valence-corrected chi connectivity index (χ4v) is 5.88. The number of benzene rings is 3. The number of hydrogen-bond donors (Lipinski definition) is 0. The third kappa shape index (κ3) is 7.63. The second-order valence-corrected chi connectivity index (χ2v) is 11.7. The molecular weight excluding hydrogens is 666 g/mol. The van der Waals surface area contributed by atoms with E-state index >= 15 is 0 Å². The van der Waals surface area contributed by atoms with Crippen LogP contribution < -0.4 is 9.47 Å². The molecule has 5 aromatic rings. The molecule has 1 saturated heterocycles. The van der Waals surface area contributed by atoms with Gasteiger partial charge in [0.2, 0.25) is 5.88 Å². The lowest BCUT2D eigenvalue weighted by molar-refractivity contribution is -0.162. The van der Waals surface area contributed by atoms with Crippen LogP contribution in [0, 0.1) is 17.5 Å². The third-order valence-electron chi connectivity index (χ3n) is 8.35. The van der Waals surface area contributed by atoms with Crippen LogP contribution in [0.3, 0.4) is 0 Å². The van der Waals surface area contributed by atoms with Gasteiger partial charge in [0, 0.05) is 47.5 Å². The van der Waals surface area contributed by atoms with Gasteiger partial charge in [-0.3, -0.25) is 4.79 Å². The molecule has 1 atom stereocenters. The summed E-state index contributed by atoms with van der Waals surface area (Å²) in [5.74, 6) is -5.13. The molecule has 1 unspecified atom stereocenters. The van der Waals surface area contributed by atoms with Crippen LogP contribution >= 0.6 is 0 Å². The Balaban J connectivity index is 1.41. The number of methoxy groups -OCH3 is 1. The Hall–Kier alpha value is -4.88. The van der Waals surface area contributed by atoms with Gasteiger partial charge in [-0.05, 0) is 61.6 Å². The Morgan fingerprint density at radius 3 is 2.44 bits per heavy atom. The predicted octanol–water partition coefficient (Wildman–Crippen LogP) is 8.89. The van der Waals surface area contributed by atoms with E-state index < -0.39 is 46.2 Å². The van der Waals surface area contributed by atoms with Crippen LogP contribution in [-0.4, -0.2) is 41.9 Å². The molecule has 7 nitrogen and oxygen atoms in total. The van der Waals surface area contributed by atoms with E-state index in [4.69, 9.17) is 18.9 Å². The van der Waals surface area contributed by atoms with Crippen molar-refractivity contribution in [3.05, 3.63) is 113 Å². The van der Waals surface area contributed by atoms with E-state index in [1.165, 1.54) is 31.5 Å². The first-order chi connectivity index (χ1) is 24.0. The molecule has 13 heteroatoms. The summed E-state index contributed by atoms with van der Waals surface area (Å²) in [6, 6.07) is 14.5. The van der Waals surface area contributed by atoms with Crippen LogP contribution in [0.5, 0.6) is 11.6 Å². The van der Waals surface area contributed by atoms with Gasteiger partial charge >= 0.3 is 6.18 Å². The van der Waals surface area contributed by atoms with Gasteiger partial charge in [-0.15, -0.1) is 0 Å². The summed E-state index contributed by atoms with van der Waals surface area (Å²) in [5, 5.41) is 0.202. The number of ether oxygens (including phenoxy) is 4. The maximum Gasteiger partial charge on any atom is 0.418 e. The van der Waals surface area contributed by atoms with Crippen LogP contribution in [0.2, 0.25) is 0 Å². The molecular formula is C37H32F6N2O5. The molecule has 0 saturated carbocycles. The van der Waals surface area contributed by atoms with E-state index in [2.05, 4.69) is 4.98 Å². The Labute approximate surface area is 283 Å². The number of ketones is 1. The number of alkyl halides is 3. The van der Waals surface area contributed by atoms with Gasteiger partial charge in [-0.25, -0.2) is 18.2 Å². The highest BCUT2D eigenvalue weighted by Crippen LogP contribution is 2.41. The highest BCUT2D eigenvalue weighted by molar-refractivity contribution is 6.18. The first-order valence-electron chi connectivity index (χ1n) is 15.9. The van der Waals surface area contributed by atoms with Crippen LogP contribution in [-0.2, 0) is 28.8 Å². The predicted molar refractivity (Wildman–Crippen MR) is 171 cm³/mol. The number of halogens is 6. The highest BCUT2D eigenvalue weighted by Gasteiger charge is 2.36. The summed E-state index contributed by atoms with van der Waals surface area (Å²) in [6.45, 7) is 1.04. The Bertz CT molecular complexity index is 1960. The van der Waals surface area contributed by atoms with Gasteiger partial charge in [0.25, 0.3) is 0 Å². The number of nitrogens with zero attached hydrogens (tertiary/aromatic N) is 2. The maximum atomic E-state index is 14.5. The van der Waals surface area contributed by atoms with Crippen LogP contribution in [0.25, 0.3) is 22.2 Å². The van der Waals surface area contributed by atoms with Gasteiger partial charge in [0.15, 0.2) is 29.5 Å². The minimum atomic E-state index is -4.81. The zero-order valence-electron chi connectivity index (χ0n) is 26.9. The van der Waals surface area contributed by atoms with E-state index in [0.29, 0.717) is 30.9 Å². The van der Waals surface area contributed by atoms with Gasteiger partial charge in [-0.1, -0.05) is 30.3 Å². The van der Waals surface area contributed by atoms with E-state index in [9.17, 15) is 31.1 Å². The summed E-state index contributed by atoms with van der Waals surface area (Å²) < 4.78 is 110. The number of hydrogen-bond acceptors (Lipinski definition) is 6. The minimum Gasteiger partial charge on any atom is -0.497 e. The molecule has 3 heterocycles. The van der Waals surface area contributed by atoms with Crippen LogP contribution in [0.4, 0.5) is 26.3 Å². The number of para-hydroxylation sites is 1. The molecule has 262 valence electrons. The molecule has 50 heavy (non-hydrogen) atoms. The smallest absolute Gasteiger partial charge is 0.418 e. The van der Waals surface area contributed by atoms with Crippen molar-refractivity contribution in [1.82, 2.24) is 9.55 Å². The average Bonchev–Trinajstić information content (AvgIpc) is 3.49. The first kappa shape index (κ1) is 35.0. The summed E-state index contributed by atoms with van der Waals surface area (Å²) in [5.41, 5.74) is -1.02. The molecule has 0 aliphatic carbocycles. The van der Waals surface area contributed by atoms with Gasteiger partial charge in [0.05, 0.1) is 30.5 Å². The van der Waals surface area contributed by atoms with Crippen molar-refractivity contribution in [2.45, 2.75) is 51.3 Å². The number of rotatable bonds is 12. The molecule has 0 N–H and O–H groups in total. The van der Waals surface area contributed by atoms with Crippen molar-refractivity contribution in [3.63, 3.8) is 0 Å². The number of fused-ring (bicyclic) bond motifs is 1. The van der Waals surface area contributed by atoms with Crippen molar-refractivity contribution in [2.24, 2.45) is 0 Å². The monoisotopic (exact) mass is 698 g/mol. The number of aromatic nitrogens is 2. The molecule has 1 aliphatic rings. The Kier molecular flexibility index (Phi) is 10.4. The lowest BCUT2D eigenvalue weighted by atomic mass is 9.98. The van der Waals surface area contributed by atoms with Crippen LogP contribution in [0.1, 0.15) is 52.7 Å².